The number of fused-ring (bicyclic) bond motifs is 1. The van der Waals surface area contributed by atoms with Crippen LogP contribution in [0.4, 0.5) is 0 Å². The van der Waals surface area contributed by atoms with Crippen molar-refractivity contribution in [2.24, 2.45) is 0 Å². The van der Waals surface area contributed by atoms with Gasteiger partial charge in [-0.05, 0) is 25.0 Å². The second-order valence-electron chi connectivity index (χ2n) is 4.81. The molecule has 1 saturated heterocycles. The lowest BCUT2D eigenvalue weighted by Crippen LogP contribution is -2.12. The first-order valence-electron chi connectivity index (χ1n) is 6.22. The molecule has 0 N–H and O–H groups in total. The molecule has 0 bridgehead atoms. The van der Waals surface area contributed by atoms with E-state index in [0.717, 1.165) is 36.4 Å². The number of hydrogen-bond donors (Lipinski definition) is 0. The molecule has 1 aliphatic heterocycles. The Morgan fingerprint density at radius 3 is 3.06 bits per heavy atom. The van der Waals surface area contributed by atoms with Gasteiger partial charge in [-0.25, -0.2) is 9.97 Å². The number of nitrogens with zero attached hydrogens (tertiary/aromatic N) is 3. The van der Waals surface area contributed by atoms with Crippen LogP contribution in [-0.4, -0.2) is 21.1 Å². The zero-order chi connectivity index (χ0) is 11.8. The summed E-state index contributed by atoms with van der Waals surface area (Å²) in [6.07, 6.45) is 4.11. The molecule has 4 heteroatoms. The van der Waals surface area contributed by atoms with Gasteiger partial charge in [0.2, 0.25) is 0 Å². The Hall–Kier alpha value is -1.42. The first-order chi connectivity index (χ1) is 8.27. The first kappa shape index (κ1) is 10.7. The molecular formula is C13H17N3O. The Morgan fingerprint density at radius 1 is 1.47 bits per heavy atom. The third kappa shape index (κ3) is 1.72. The largest absolute Gasteiger partial charge is 0.358 e. The topological polar surface area (TPSA) is 39.9 Å². The van der Waals surface area contributed by atoms with E-state index in [1.54, 1.807) is 0 Å². The second-order valence-corrected chi connectivity index (χ2v) is 4.81. The summed E-state index contributed by atoms with van der Waals surface area (Å²) < 4.78 is 7.95. The maximum absolute atomic E-state index is 5.78. The van der Waals surface area contributed by atoms with Gasteiger partial charge < -0.3 is 4.74 Å². The van der Waals surface area contributed by atoms with Gasteiger partial charge in [0.05, 0.1) is 0 Å². The summed E-state index contributed by atoms with van der Waals surface area (Å²) in [4.78, 5) is 9.13. The lowest BCUT2D eigenvalue weighted by atomic mass is 10.2. The lowest BCUT2D eigenvalue weighted by Gasteiger charge is -2.16. The van der Waals surface area contributed by atoms with Crippen LogP contribution in [0, 0.1) is 0 Å². The van der Waals surface area contributed by atoms with Gasteiger partial charge in [-0.2, -0.15) is 0 Å². The van der Waals surface area contributed by atoms with Crippen molar-refractivity contribution < 1.29 is 4.74 Å². The van der Waals surface area contributed by atoms with Gasteiger partial charge in [0.1, 0.15) is 17.6 Å². The number of pyridine rings is 1. The highest BCUT2D eigenvalue weighted by Crippen LogP contribution is 2.30. The minimum atomic E-state index is 0.118. The number of imidazole rings is 1. The maximum Gasteiger partial charge on any atom is 0.162 e. The average Bonchev–Trinajstić information content (AvgIpc) is 2.94. The summed E-state index contributed by atoms with van der Waals surface area (Å²) in [7, 11) is 0. The summed E-state index contributed by atoms with van der Waals surface area (Å²) in [5.74, 6) is 1.46. The quantitative estimate of drug-likeness (QED) is 0.797. The van der Waals surface area contributed by atoms with Crippen molar-refractivity contribution in [3.05, 3.63) is 24.2 Å². The van der Waals surface area contributed by atoms with Crippen molar-refractivity contribution in [2.45, 2.75) is 38.8 Å². The van der Waals surface area contributed by atoms with Crippen molar-refractivity contribution in [1.29, 1.82) is 0 Å². The van der Waals surface area contributed by atoms with Gasteiger partial charge >= 0.3 is 0 Å². The van der Waals surface area contributed by atoms with Gasteiger partial charge in [0, 0.05) is 18.7 Å². The van der Waals surface area contributed by atoms with Gasteiger partial charge in [0.15, 0.2) is 5.65 Å². The Kier molecular flexibility index (Phi) is 2.59. The van der Waals surface area contributed by atoms with Gasteiger partial charge in [-0.3, -0.25) is 4.57 Å². The van der Waals surface area contributed by atoms with Gasteiger partial charge in [-0.15, -0.1) is 0 Å². The minimum absolute atomic E-state index is 0.118. The zero-order valence-corrected chi connectivity index (χ0v) is 10.3. The van der Waals surface area contributed by atoms with Crippen LogP contribution in [0.5, 0.6) is 0 Å². The fourth-order valence-electron chi connectivity index (χ4n) is 2.40. The molecule has 1 fully saturated rings. The fourth-order valence-corrected chi connectivity index (χ4v) is 2.40. The standard InChI is InChI=1S/C13H17N3O/c1-9(2)12-15-10-5-3-7-14-13(10)16(12)11-6-4-8-17-11/h3,5,7,9,11H,4,6,8H2,1-2H3. The molecular weight excluding hydrogens is 214 g/mol. The Labute approximate surface area is 101 Å². The van der Waals surface area contributed by atoms with Gasteiger partial charge in [0.25, 0.3) is 0 Å². The number of rotatable bonds is 2. The third-order valence-electron chi connectivity index (χ3n) is 3.19. The molecule has 0 radical (unpaired) electrons. The summed E-state index contributed by atoms with van der Waals surface area (Å²) in [6, 6.07) is 3.94. The van der Waals surface area contributed by atoms with E-state index in [9.17, 15) is 0 Å². The SMILES string of the molecule is CC(C)c1nc2cccnc2n1C1CCCO1. The normalized spacial score (nSPS) is 20.5. The molecule has 3 rings (SSSR count). The molecule has 2 aromatic heterocycles. The molecule has 2 aromatic rings. The Balaban J connectivity index is 2.20. The highest BCUT2D eigenvalue weighted by Gasteiger charge is 2.24. The van der Waals surface area contributed by atoms with Crippen molar-refractivity contribution >= 4 is 11.2 Å². The molecule has 0 aliphatic carbocycles. The van der Waals surface area contributed by atoms with Crippen LogP contribution in [0.1, 0.15) is 44.7 Å². The summed E-state index contributed by atoms with van der Waals surface area (Å²) in [5, 5.41) is 0. The third-order valence-corrected chi connectivity index (χ3v) is 3.19. The van der Waals surface area contributed by atoms with Crippen LogP contribution in [-0.2, 0) is 4.74 Å². The van der Waals surface area contributed by atoms with E-state index < -0.39 is 0 Å². The van der Waals surface area contributed by atoms with Crippen molar-refractivity contribution in [1.82, 2.24) is 14.5 Å². The van der Waals surface area contributed by atoms with E-state index in [2.05, 4.69) is 28.4 Å². The smallest absolute Gasteiger partial charge is 0.162 e. The monoisotopic (exact) mass is 231 g/mol. The molecule has 4 nitrogen and oxygen atoms in total. The lowest BCUT2D eigenvalue weighted by molar-refractivity contribution is 0.0565. The first-order valence-corrected chi connectivity index (χ1v) is 6.22. The van der Waals surface area contributed by atoms with Crippen molar-refractivity contribution in [3.8, 4) is 0 Å². The van der Waals surface area contributed by atoms with E-state index in [0.29, 0.717) is 5.92 Å². The Bertz CT molecular complexity index is 526. The Morgan fingerprint density at radius 2 is 2.35 bits per heavy atom. The predicted octanol–water partition coefficient (Wildman–Crippen LogP) is 2.86. The van der Waals surface area contributed by atoms with Crippen LogP contribution in [0.15, 0.2) is 18.3 Å². The molecule has 0 amide bonds. The zero-order valence-electron chi connectivity index (χ0n) is 10.3. The van der Waals surface area contributed by atoms with Crippen molar-refractivity contribution in [2.75, 3.05) is 6.61 Å². The molecule has 3 heterocycles. The summed E-state index contributed by atoms with van der Waals surface area (Å²) in [6.45, 7) is 5.16. The highest BCUT2D eigenvalue weighted by atomic mass is 16.5. The maximum atomic E-state index is 5.78. The number of ether oxygens (including phenoxy) is 1. The summed E-state index contributed by atoms with van der Waals surface area (Å²) in [5.41, 5.74) is 1.91. The van der Waals surface area contributed by atoms with Gasteiger partial charge in [-0.1, -0.05) is 13.8 Å². The molecule has 90 valence electrons. The average molecular weight is 231 g/mol. The molecule has 0 aromatic carbocycles. The van der Waals surface area contributed by atoms with Crippen LogP contribution in [0.2, 0.25) is 0 Å². The molecule has 0 saturated carbocycles. The fraction of sp³-hybridized carbons (Fsp3) is 0.538. The van der Waals surface area contributed by atoms with E-state index in [1.165, 1.54) is 0 Å². The van der Waals surface area contributed by atoms with E-state index in [1.807, 2.05) is 18.3 Å². The van der Waals surface area contributed by atoms with E-state index >= 15 is 0 Å². The van der Waals surface area contributed by atoms with Crippen LogP contribution in [0.3, 0.4) is 0 Å². The predicted molar refractivity (Wildman–Crippen MR) is 65.8 cm³/mol. The van der Waals surface area contributed by atoms with Crippen LogP contribution < -0.4 is 0 Å². The second kappa shape index (κ2) is 4.11. The molecule has 17 heavy (non-hydrogen) atoms. The van der Waals surface area contributed by atoms with E-state index in [4.69, 9.17) is 4.74 Å². The molecule has 1 aliphatic rings. The number of hydrogen-bond acceptors (Lipinski definition) is 3. The van der Waals surface area contributed by atoms with Crippen LogP contribution in [0.25, 0.3) is 11.2 Å². The highest BCUT2D eigenvalue weighted by molar-refractivity contribution is 5.71. The molecule has 1 unspecified atom stereocenters. The minimum Gasteiger partial charge on any atom is -0.358 e. The summed E-state index contributed by atoms with van der Waals surface area (Å²) >= 11 is 0. The van der Waals surface area contributed by atoms with Crippen molar-refractivity contribution in [3.63, 3.8) is 0 Å². The van der Waals surface area contributed by atoms with Crippen LogP contribution >= 0.6 is 0 Å². The molecule has 1 atom stereocenters. The number of aromatic nitrogens is 3. The molecule has 0 spiro atoms. The van der Waals surface area contributed by atoms with E-state index in [-0.39, 0.29) is 6.23 Å².